The highest BCUT2D eigenvalue weighted by atomic mass is 19.1. The minimum absolute atomic E-state index is 0.311. The number of ether oxygens (including phenoxy) is 1. The lowest BCUT2D eigenvalue weighted by molar-refractivity contribution is 0.300. The van der Waals surface area contributed by atoms with Gasteiger partial charge in [-0.3, -0.25) is 0 Å². The van der Waals surface area contributed by atoms with Gasteiger partial charge in [-0.1, -0.05) is 0 Å². The van der Waals surface area contributed by atoms with E-state index in [1.165, 1.54) is 6.07 Å². The molecule has 1 aromatic heterocycles. The van der Waals surface area contributed by atoms with Crippen LogP contribution in [0.3, 0.4) is 0 Å². The van der Waals surface area contributed by atoms with Crippen LogP contribution in [-0.2, 0) is 0 Å². The quantitative estimate of drug-likeness (QED) is 0.629. The van der Waals surface area contributed by atoms with Crippen LogP contribution in [0.4, 0.5) is 4.39 Å². The van der Waals surface area contributed by atoms with Gasteiger partial charge in [0, 0.05) is 17.8 Å². The number of aryl methyl sites for hydroxylation is 1. The number of rotatable bonds is 2. The summed E-state index contributed by atoms with van der Waals surface area (Å²) in [6, 6.07) is 3.08. The maximum Gasteiger partial charge on any atom is 0.216 e. The molecule has 1 fully saturated rings. The van der Waals surface area contributed by atoms with Gasteiger partial charge in [-0.2, -0.15) is 4.39 Å². The molecule has 0 bridgehead atoms. The molecule has 1 aliphatic carbocycles. The lowest BCUT2D eigenvalue weighted by Gasteiger charge is -2.03. The molecule has 0 atom stereocenters. The molecule has 0 radical (unpaired) electrons. The molecule has 0 amide bonds. The molecule has 0 N–H and O–H groups in total. The maximum atomic E-state index is 12.7. The number of halogens is 1. The highest BCUT2D eigenvalue weighted by Gasteiger charge is 2.23. The molecule has 3 heteroatoms. The molecule has 0 aliphatic heterocycles. The first-order chi connectivity index (χ1) is 5.74. The van der Waals surface area contributed by atoms with E-state index in [9.17, 15) is 4.39 Å². The Labute approximate surface area is 70.4 Å². The van der Waals surface area contributed by atoms with Crippen molar-refractivity contribution in [2.75, 3.05) is 0 Å². The Morgan fingerprint density at radius 1 is 1.50 bits per heavy atom. The van der Waals surface area contributed by atoms with Gasteiger partial charge in [0.1, 0.15) is 5.75 Å². The van der Waals surface area contributed by atoms with Crippen molar-refractivity contribution in [1.82, 2.24) is 4.98 Å². The van der Waals surface area contributed by atoms with Crippen molar-refractivity contribution >= 4 is 0 Å². The lowest BCUT2D eigenvalue weighted by Crippen LogP contribution is -1.98. The average Bonchev–Trinajstić information content (AvgIpc) is 2.68. The summed E-state index contributed by atoms with van der Waals surface area (Å²) in [6.45, 7) is 1.75. The summed E-state index contributed by atoms with van der Waals surface area (Å²) in [4.78, 5) is 3.62. The van der Waals surface area contributed by atoms with E-state index in [0.717, 1.165) is 12.8 Å². The zero-order valence-corrected chi connectivity index (χ0v) is 6.88. The number of nitrogens with zero attached hydrogens (tertiary/aromatic N) is 1. The van der Waals surface area contributed by atoms with Gasteiger partial charge >= 0.3 is 0 Å². The molecule has 2 rings (SSSR count). The van der Waals surface area contributed by atoms with Gasteiger partial charge in [0.15, 0.2) is 0 Å². The van der Waals surface area contributed by atoms with E-state index in [0.29, 0.717) is 17.5 Å². The molecule has 1 aliphatic rings. The van der Waals surface area contributed by atoms with E-state index in [2.05, 4.69) is 4.98 Å². The van der Waals surface area contributed by atoms with Crippen LogP contribution >= 0.6 is 0 Å². The van der Waals surface area contributed by atoms with Crippen LogP contribution < -0.4 is 4.74 Å². The van der Waals surface area contributed by atoms with Crippen molar-refractivity contribution in [3.05, 3.63) is 23.8 Å². The normalized spacial score (nSPS) is 16.2. The van der Waals surface area contributed by atoms with Crippen molar-refractivity contribution in [3.8, 4) is 5.75 Å². The van der Waals surface area contributed by atoms with E-state index >= 15 is 0 Å². The summed E-state index contributed by atoms with van der Waals surface area (Å²) in [7, 11) is 0. The van der Waals surface area contributed by atoms with E-state index in [1.807, 2.05) is 0 Å². The third kappa shape index (κ3) is 1.72. The molecule has 64 valence electrons. The van der Waals surface area contributed by atoms with Gasteiger partial charge < -0.3 is 4.74 Å². The van der Waals surface area contributed by atoms with Crippen molar-refractivity contribution in [1.29, 1.82) is 0 Å². The highest BCUT2D eigenvalue weighted by molar-refractivity contribution is 5.23. The topological polar surface area (TPSA) is 22.1 Å². The largest absolute Gasteiger partial charge is 0.490 e. The molecule has 0 aromatic carbocycles. The fourth-order valence-electron chi connectivity index (χ4n) is 1.04. The number of hydrogen-bond donors (Lipinski definition) is 0. The van der Waals surface area contributed by atoms with Crippen LogP contribution in [0.25, 0.3) is 0 Å². The van der Waals surface area contributed by atoms with Crippen LogP contribution in [-0.4, -0.2) is 11.1 Å². The second kappa shape index (κ2) is 2.73. The molecule has 0 unspecified atom stereocenters. The van der Waals surface area contributed by atoms with Gasteiger partial charge in [-0.15, -0.1) is 0 Å². The fourth-order valence-corrected chi connectivity index (χ4v) is 1.04. The predicted octanol–water partition coefficient (Wildman–Crippen LogP) is 2.07. The minimum atomic E-state index is -0.467. The molecular formula is C9H10FNO. The van der Waals surface area contributed by atoms with Gasteiger partial charge in [0.2, 0.25) is 5.95 Å². The molecular weight excluding hydrogens is 157 g/mol. The van der Waals surface area contributed by atoms with Crippen LogP contribution in [0.15, 0.2) is 12.1 Å². The molecule has 2 nitrogen and oxygen atoms in total. The average molecular weight is 167 g/mol. The fraction of sp³-hybridized carbons (Fsp3) is 0.444. The van der Waals surface area contributed by atoms with Crippen LogP contribution in [0.5, 0.6) is 5.75 Å². The van der Waals surface area contributed by atoms with E-state index in [1.54, 1.807) is 13.0 Å². The zero-order valence-electron chi connectivity index (χ0n) is 6.88. The van der Waals surface area contributed by atoms with Crippen LogP contribution in [0.1, 0.15) is 18.5 Å². The Bertz CT molecular complexity index is 276. The van der Waals surface area contributed by atoms with E-state index < -0.39 is 5.95 Å². The molecule has 12 heavy (non-hydrogen) atoms. The second-order valence-corrected chi connectivity index (χ2v) is 3.08. The third-order valence-electron chi connectivity index (χ3n) is 1.72. The number of hydrogen-bond acceptors (Lipinski definition) is 2. The lowest BCUT2D eigenvalue weighted by atomic mass is 10.3. The second-order valence-electron chi connectivity index (χ2n) is 3.08. The molecule has 1 aromatic rings. The smallest absolute Gasteiger partial charge is 0.216 e. The van der Waals surface area contributed by atoms with Crippen LogP contribution in [0.2, 0.25) is 0 Å². The van der Waals surface area contributed by atoms with Gasteiger partial charge in [0.05, 0.1) is 6.10 Å². The summed E-state index contributed by atoms with van der Waals surface area (Å²) >= 11 is 0. The van der Waals surface area contributed by atoms with Crippen molar-refractivity contribution < 1.29 is 9.13 Å². The summed E-state index contributed by atoms with van der Waals surface area (Å²) < 4.78 is 18.1. The SMILES string of the molecule is Cc1cc(OC2CC2)cc(F)n1. The number of aromatic nitrogens is 1. The predicted molar refractivity (Wildman–Crippen MR) is 42.6 cm³/mol. The zero-order chi connectivity index (χ0) is 8.55. The van der Waals surface area contributed by atoms with Gasteiger partial charge in [-0.25, -0.2) is 4.98 Å². The summed E-state index contributed by atoms with van der Waals surface area (Å²) in [5.41, 5.74) is 0.658. The molecule has 1 saturated carbocycles. The first-order valence-electron chi connectivity index (χ1n) is 4.05. The van der Waals surface area contributed by atoms with Gasteiger partial charge in [0.25, 0.3) is 0 Å². The first kappa shape index (κ1) is 7.53. The monoisotopic (exact) mass is 167 g/mol. The summed E-state index contributed by atoms with van der Waals surface area (Å²) in [5.74, 6) is 0.133. The van der Waals surface area contributed by atoms with Crippen molar-refractivity contribution in [2.24, 2.45) is 0 Å². The Kier molecular flexibility index (Phi) is 1.71. The van der Waals surface area contributed by atoms with Crippen molar-refractivity contribution in [2.45, 2.75) is 25.9 Å². The molecule has 0 saturated heterocycles. The third-order valence-corrected chi connectivity index (χ3v) is 1.72. The first-order valence-corrected chi connectivity index (χ1v) is 4.05. The maximum absolute atomic E-state index is 12.7. The molecule has 0 spiro atoms. The van der Waals surface area contributed by atoms with Crippen molar-refractivity contribution in [3.63, 3.8) is 0 Å². The van der Waals surface area contributed by atoms with E-state index in [-0.39, 0.29) is 0 Å². The standard InChI is InChI=1S/C9H10FNO/c1-6-4-8(5-9(10)11-6)12-7-2-3-7/h4-5,7H,2-3H2,1H3. The van der Waals surface area contributed by atoms with E-state index in [4.69, 9.17) is 4.74 Å². The van der Waals surface area contributed by atoms with Crippen LogP contribution in [0, 0.1) is 12.9 Å². The Morgan fingerprint density at radius 2 is 2.25 bits per heavy atom. The highest BCUT2D eigenvalue weighted by Crippen LogP contribution is 2.26. The number of pyridine rings is 1. The summed E-state index contributed by atoms with van der Waals surface area (Å²) in [6.07, 6.45) is 2.48. The Balaban J connectivity index is 2.18. The van der Waals surface area contributed by atoms with Gasteiger partial charge in [-0.05, 0) is 19.8 Å². The summed E-state index contributed by atoms with van der Waals surface area (Å²) in [5, 5.41) is 0. The molecule has 1 heterocycles. The minimum Gasteiger partial charge on any atom is -0.490 e. The Hall–Kier alpha value is -1.12. The Morgan fingerprint density at radius 3 is 2.83 bits per heavy atom.